The average molecular weight is 302 g/mol. The second kappa shape index (κ2) is 6.46. The molecule has 1 aliphatic heterocycles. The normalized spacial score (nSPS) is 19.0. The molecule has 2 aromatic rings. The molecule has 3 rings (SSSR count). The van der Waals surface area contributed by atoms with Crippen LogP contribution in [0.15, 0.2) is 28.8 Å². The Labute approximate surface area is 130 Å². The predicted octanol–water partition coefficient (Wildman–Crippen LogP) is 2.06. The number of rotatable bonds is 4. The van der Waals surface area contributed by atoms with Crippen LogP contribution in [0.4, 0.5) is 5.69 Å². The Balaban J connectivity index is 1.78. The molecule has 1 atom stereocenters. The van der Waals surface area contributed by atoms with Crippen LogP contribution < -0.4 is 4.90 Å². The van der Waals surface area contributed by atoms with Crippen LogP contribution in [-0.4, -0.2) is 41.8 Å². The number of methoxy groups -OCH3 is 1. The largest absolute Gasteiger partial charge is 0.377 e. The highest BCUT2D eigenvalue weighted by atomic mass is 16.5. The molecule has 0 saturated carbocycles. The van der Waals surface area contributed by atoms with E-state index >= 15 is 0 Å². The third kappa shape index (κ3) is 3.13. The Morgan fingerprint density at radius 2 is 2.18 bits per heavy atom. The predicted molar refractivity (Wildman–Crippen MR) is 83.4 cm³/mol. The Morgan fingerprint density at radius 3 is 3.00 bits per heavy atom. The van der Waals surface area contributed by atoms with E-state index in [1.165, 1.54) is 11.3 Å². The molecule has 118 valence electrons. The first kappa shape index (κ1) is 15.0. The topological polar surface area (TPSA) is 54.6 Å². The number of hydrogen-bond donors (Lipinski definition) is 0. The average Bonchev–Trinajstić information content (AvgIpc) is 2.90. The third-order valence-electron chi connectivity index (χ3n) is 4.06. The summed E-state index contributed by atoms with van der Waals surface area (Å²) in [6.07, 6.45) is 0. The lowest BCUT2D eigenvalue weighted by molar-refractivity contribution is 0.170. The zero-order valence-corrected chi connectivity index (χ0v) is 13.3. The van der Waals surface area contributed by atoms with Gasteiger partial charge in [-0.05, 0) is 18.6 Å². The number of fused-ring (bicyclic) bond motifs is 1. The summed E-state index contributed by atoms with van der Waals surface area (Å²) in [7, 11) is 3.77. The van der Waals surface area contributed by atoms with Gasteiger partial charge in [0, 0.05) is 39.0 Å². The summed E-state index contributed by atoms with van der Waals surface area (Å²) in [4.78, 5) is 9.05. The number of anilines is 1. The van der Waals surface area contributed by atoms with E-state index in [0.717, 1.165) is 13.1 Å². The van der Waals surface area contributed by atoms with Gasteiger partial charge in [0.05, 0.1) is 6.54 Å². The van der Waals surface area contributed by atoms with E-state index in [1.54, 1.807) is 7.11 Å². The van der Waals surface area contributed by atoms with Gasteiger partial charge in [0.2, 0.25) is 5.89 Å². The van der Waals surface area contributed by atoms with Crippen molar-refractivity contribution in [3.63, 3.8) is 0 Å². The fourth-order valence-electron chi connectivity index (χ4n) is 2.93. The number of benzene rings is 1. The van der Waals surface area contributed by atoms with Crippen LogP contribution in [0.2, 0.25) is 0 Å². The SMILES string of the molecule is COCc1noc(CN2Cc3ccccc3N(C)CC2C)n1. The van der Waals surface area contributed by atoms with E-state index in [-0.39, 0.29) is 0 Å². The molecule has 0 radical (unpaired) electrons. The maximum absolute atomic E-state index is 5.33. The van der Waals surface area contributed by atoms with Crippen LogP contribution in [0.3, 0.4) is 0 Å². The van der Waals surface area contributed by atoms with Crippen LogP contribution in [0.1, 0.15) is 24.2 Å². The Bertz CT molecular complexity index is 628. The Morgan fingerprint density at radius 1 is 1.36 bits per heavy atom. The van der Waals surface area contributed by atoms with E-state index in [1.807, 2.05) is 0 Å². The molecule has 2 heterocycles. The molecular weight excluding hydrogens is 280 g/mol. The molecule has 0 N–H and O–H groups in total. The van der Waals surface area contributed by atoms with E-state index in [4.69, 9.17) is 9.26 Å². The van der Waals surface area contributed by atoms with Crippen LogP contribution in [-0.2, 0) is 24.4 Å². The van der Waals surface area contributed by atoms with E-state index in [2.05, 4.69) is 58.2 Å². The maximum atomic E-state index is 5.33. The van der Waals surface area contributed by atoms with Crippen LogP contribution in [0, 0.1) is 0 Å². The molecule has 1 aromatic carbocycles. The molecule has 0 bridgehead atoms. The van der Waals surface area contributed by atoms with E-state index < -0.39 is 0 Å². The number of para-hydroxylation sites is 1. The Kier molecular flexibility index (Phi) is 4.40. The van der Waals surface area contributed by atoms with Crippen molar-refractivity contribution >= 4 is 5.69 Å². The van der Waals surface area contributed by atoms with Gasteiger partial charge in [-0.3, -0.25) is 4.90 Å². The molecule has 1 unspecified atom stereocenters. The van der Waals surface area contributed by atoms with Crippen LogP contribution in [0.5, 0.6) is 0 Å². The van der Waals surface area contributed by atoms with E-state index in [9.17, 15) is 0 Å². The summed E-state index contributed by atoms with van der Waals surface area (Å²) >= 11 is 0. The number of nitrogens with zero attached hydrogens (tertiary/aromatic N) is 4. The number of hydrogen-bond acceptors (Lipinski definition) is 6. The van der Waals surface area contributed by atoms with Gasteiger partial charge >= 0.3 is 0 Å². The zero-order valence-electron chi connectivity index (χ0n) is 13.3. The summed E-state index contributed by atoms with van der Waals surface area (Å²) < 4.78 is 10.4. The van der Waals surface area contributed by atoms with Crippen molar-refractivity contribution in [2.45, 2.75) is 32.7 Å². The first-order valence-electron chi connectivity index (χ1n) is 7.51. The molecule has 0 saturated heterocycles. The van der Waals surface area contributed by atoms with Gasteiger partial charge in [-0.15, -0.1) is 0 Å². The summed E-state index contributed by atoms with van der Waals surface area (Å²) in [6, 6.07) is 8.93. The number of likely N-dealkylation sites (N-methyl/N-ethyl adjacent to an activating group) is 1. The van der Waals surface area contributed by atoms with Gasteiger partial charge in [-0.2, -0.15) is 4.98 Å². The molecule has 6 heteroatoms. The van der Waals surface area contributed by atoms with Gasteiger partial charge < -0.3 is 14.2 Å². The minimum Gasteiger partial charge on any atom is -0.377 e. The van der Waals surface area contributed by atoms with Crippen molar-refractivity contribution in [1.82, 2.24) is 15.0 Å². The van der Waals surface area contributed by atoms with Gasteiger partial charge in [0.15, 0.2) is 5.82 Å². The highest BCUT2D eigenvalue weighted by molar-refractivity contribution is 5.53. The van der Waals surface area contributed by atoms with Crippen molar-refractivity contribution in [2.75, 3.05) is 25.6 Å². The fourth-order valence-corrected chi connectivity index (χ4v) is 2.93. The molecule has 1 aromatic heterocycles. The minimum absolute atomic E-state index is 0.380. The molecule has 0 fully saturated rings. The first-order valence-corrected chi connectivity index (χ1v) is 7.51. The van der Waals surface area contributed by atoms with Crippen molar-refractivity contribution in [3.8, 4) is 0 Å². The lowest BCUT2D eigenvalue weighted by Crippen LogP contribution is -2.37. The second-order valence-electron chi connectivity index (χ2n) is 5.80. The lowest BCUT2D eigenvalue weighted by atomic mass is 10.1. The summed E-state index contributed by atoms with van der Waals surface area (Å²) in [5, 5.41) is 3.93. The van der Waals surface area contributed by atoms with Crippen molar-refractivity contribution in [2.24, 2.45) is 0 Å². The molecule has 0 aliphatic carbocycles. The molecule has 1 aliphatic rings. The highest BCUT2D eigenvalue weighted by Crippen LogP contribution is 2.26. The van der Waals surface area contributed by atoms with Gasteiger partial charge in [-0.25, -0.2) is 0 Å². The fraction of sp³-hybridized carbons (Fsp3) is 0.500. The van der Waals surface area contributed by atoms with Crippen molar-refractivity contribution < 1.29 is 9.26 Å². The van der Waals surface area contributed by atoms with Crippen LogP contribution >= 0.6 is 0 Å². The maximum Gasteiger partial charge on any atom is 0.240 e. The van der Waals surface area contributed by atoms with Crippen molar-refractivity contribution in [1.29, 1.82) is 0 Å². The quantitative estimate of drug-likeness (QED) is 0.861. The highest BCUT2D eigenvalue weighted by Gasteiger charge is 2.24. The van der Waals surface area contributed by atoms with Gasteiger partial charge in [0.25, 0.3) is 0 Å². The lowest BCUT2D eigenvalue weighted by Gasteiger charge is -2.26. The molecular formula is C16H22N4O2. The molecule has 6 nitrogen and oxygen atoms in total. The number of ether oxygens (including phenoxy) is 1. The monoisotopic (exact) mass is 302 g/mol. The number of aromatic nitrogens is 2. The standard InChI is InChI=1S/C16H22N4O2/c1-12-8-19(2)14-7-5-4-6-13(14)9-20(12)10-16-17-15(11-21-3)18-22-16/h4-7,12H,8-11H2,1-3H3. The summed E-state index contributed by atoms with van der Waals surface area (Å²) in [5.74, 6) is 1.23. The summed E-state index contributed by atoms with van der Waals surface area (Å²) in [6.45, 7) is 5.11. The third-order valence-corrected chi connectivity index (χ3v) is 4.06. The van der Waals surface area contributed by atoms with E-state index in [0.29, 0.717) is 30.9 Å². The van der Waals surface area contributed by atoms with Crippen LogP contribution in [0.25, 0.3) is 0 Å². The molecule has 0 spiro atoms. The molecule has 0 amide bonds. The summed E-state index contributed by atoms with van der Waals surface area (Å²) in [5.41, 5.74) is 2.62. The minimum atomic E-state index is 0.380. The van der Waals surface area contributed by atoms with Crippen molar-refractivity contribution in [3.05, 3.63) is 41.5 Å². The zero-order chi connectivity index (χ0) is 15.5. The smallest absolute Gasteiger partial charge is 0.240 e. The first-order chi connectivity index (χ1) is 10.7. The Hall–Kier alpha value is -1.92. The molecule has 22 heavy (non-hydrogen) atoms. The van der Waals surface area contributed by atoms with Gasteiger partial charge in [0.1, 0.15) is 6.61 Å². The van der Waals surface area contributed by atoms with Gasteiger partial charge in [-0.1, -0.05) is 23.4 Å². The second-order valence-corrected chi connectivity index (χ2v) is 5.80.